The molecule has 0 unspecified atom stereocenters. The number of pyridine rings is 1. The molecule has 2 heterocycles. The first-order valence-corrected chi connectivity index (χ1v) is 7.90. The van der Waals surface area contributed by atoms with Gasteiger partial charge in [0.15, 0.2) is 11.7 Å². The molecule has 10 heteroatoms. The number of benzene rings is 1. The number of aromatic amines is 1. The Hall–Kier alpha value is -3.43. The second-order valence-corrected chi connectivity index (χ2v) is 5.74. The van der Waals surface area contributed by atoms with Gasteiger partial charge in [-0.1, -0.05) is 6.07 Å². The number of alkyl halides is 3. The van der Waals surface area contributed by atoms with E-state index in [0.717, 1.165) is 12.1 Å². The molecule has 2 aromatic heterocycles. The molecule has 0 amide bonds. The van der Waals surface area contributed by atoms with Crippen LogP contribution in [-0.2, 0) is 12.8 Å². The summed E-state index contributed by atoms with van der Waals surface area (Å²) in [5.74, 6) is -1.40. The number of aryl methyl sites for hydroxylation is 1. The fourth-order valence-electron chi connectivity index (χ4n) is 2.30. The van der Waals surface area contributed by atoms with Gasteiger partial charge in [0, 0.05) is 24.0 Å². The number of rotatable bonds is 5. The molecule has 0 spiro atoms. The van der Waals surface area contributed by atoms with Crippen LogP contribution in [0.5, 0.6) is 17.5 Å². The largest absolute Gasteiger partial charge is 0.474 e. The van der Waals surface area contributed by atoms with Gasteiger partial charge >= 0.3 is 11.9 Å². The van der Waals surface area contributed by atoms with E-state index in [1.54, 1.807) is 0 Å². The van der Waals surface area contributed by atoms with Crippen LogP contribution < -0.4 is 15.2 Å². The quantitative estimate of drug-likeness (QED) is 0.661. The molecule has 0 bridgehead atoms. The van der Waals surface area contributed by atoms with Crippen molar-refractivity contribution < 1.29 is 27.0 Å². The summed E-state index contributed by atoms with van der Waals surface area (Å²) in [7, 11) is 0. The van der Waals surface area contributed by atoms with Crippen molar-refractivity contribution in [3.63, 3.8) is 0 Å². The van der Waals surface area contributed by atoms with Crippen LogP contribution in [0.15, 0.2) is 47.5 Å². The van der Waals surface area contributed by atoms with Gasteiger partial charge in [-0.25, -0.2) is 19.2 Å². The maximum Gasteiger partial charge on any atom is 0.416 e. The van der Waals surface area contributed by atoms with Gasteiger partial charge in [-0.3, -0.25) is 4.98 Å². The molecule has 1 N–H and O–H groups in total. The van der Waals surface area contributed by atoms with E-state index < -0.39 is 29.1 Å². The van der Waals surface area contributed by atoms with Crippen molar-refractivity contribution in [3.8, 4) is 17.5 Å². The Morgan fingerprint density at radius 3 is 2.61 bits per heavy atom. The molecule has 1 aromatic carbocycles. The molecule has 3 aromatic rings. The Kier molecular flexibility index (Phi) is 5.30. The molecule has 0 aliphatic heterocycles. The SMILES string of the molecule is Cc1ccc(Oc2ncc(COc3ccnc(=O)[nH]3)cc2F)cc1C(F)(F)F. The highest BCUT2D eigenvalue weighted by molar-refractivity contribution is 5.38. The molecular weight excluding hydrogens is 382 g/mol. The van der Waals surface area contributed by atoms with E-state index in [1.165, 1.54) is 37.5 Å². The van der Waals surface area contributed by atoms with Gasteiger partial charge in [-0.15, -0.1) is 0 Å². The summed E-state index contributed by atoms with van der Waals surface area (Å²) in [5, 5.41) is 0. The van der Waals surface area contributed by atoms with E-state index in [-0.39, 0.29) is 23.8 Å². The van der Waals surface area contributed by atoms with Crippen molar-refractivity contribution >= 4 is 0 Å². The van der Waals surface area contributed by atoms with E-state index in [9.17, 15) is 22.4 Å². The number of H-pyrrole nitrogens is 1. The zero-order chi connectivity index (χ0) is 20.3. The zero-order valence-corrected chi connectivity index (χ0v) is 14.4. The van der Waals surface area contributed by atoms with Crippen LogP contribution in [0.2, 0.25) is 0 Å². The Morgan fingerprint density at radius 1 is 1.14 bits per heavy atom. The van der Waals surface area contributed by atoms with E-state index in [1.807, 2.05) is 0 Å². The van der Waals surface area contributed by atoms with Crippen LogP contribution in [0.25, 0.3) is 0 Å². The van der Waals surface area contributed by atoms with Gasteiger partial charge in [0.25, 0.3) is 5.88 Å². The first-order chi connectivity index (χ1) is 13.2. The third-order valence-corrected chi connectivity index (χ3v) is 3.64. The minimum absolute atomic E-state index is 0.0231. The smallest absolute Gasteiger partial charge is 0.416 e. The fraction of sp³-hybridized carbons (Fsp3) is 0.167. The highest BCUT2D eigenvalue weighted by atomic mass is 19.4. The summed E-state index contributed by atoms with van der Waals surface area (Å²) in [6, 6.07) is 5.79. The topological polar surface area (TPSA) is 77.1 Å². The number of hydrogen-bond acceptors (Lipinski definition) is 5. The number of nitrogens with zero attached hydrogens (tertiary/aromatic N) is 2. The van der Waals surface area contributed by atoms with E-state index in [4.69, 9.17) is 9.47 Å². The van der Waals surface area contributed by atoms with Crippen LogP contribution in [0.4, 0.5) is 17.6 Å². The second-order valence-electron chi connectivity index (χ2n) is 5.74. The zero-order valence-electron chi connectivity index (χ0n) is 14.4. The van der Waals surface area contributed by atoms with E-state index in [0.29, 0.717) is 5.56 Å². The van der Waals surface area contributed by atoms with E-state index >= 15 is 0 Å². The Balaban J connectivity index is 1.73. The van der Waals surface area contributed by atoms with E-state index in [2.05, 4.69) is 15.0 Å². The summed E-state index contributed by atoms with van der Waals surface area (Å²) in [6.45, 7) is 1.21. The molecule has 0 saturated carbocycles. The third kappa shape index (κ3) is 4.64. The average molecular weight is 395 g/mol. The highest BCUT2D eigenvalue weighted by Gasteiger charge is 2.32. The molecule has 0 aliphatic rings. The summed E-state index contributed by atoms with van der Waals surface area (Å²) in [6.07, 6.45) is -2.05. The molecule has 6 nitrogen and oxygen atoms in total. The minimum Gasteiger partial charge on any atom is -0.474 e. The maximum atomic E-state index is 14.2. The normalized spacial score (nSPS) is 11.3. The molecule has 0 saturated heterocycles. The standard InChI is InChI=1S/C18H13F4N3O3/c1-10-2-3-12(7-13(10)18(20,21)22)28-16-14(19)6-11(8-24-16)9-27-15-4-5-23-17(26)25-15/h2-8H,9H2,1H3,(H,23,25,26). The van der Waals surface area contributed by atoms with Gasteiger partial charge in [-0.2, -0.15) is 13.2 Å². The summed E-state index contributed by atoms with van der Waals surface area (Å²) in [5.41, 5.74) is -1.12. The predicted octanol–water partition coefficient (Wildman–Crippen LogP) is 4.00. The van der Waals surface area contributed by atoms with Crippen molar-refractivity contribution in [2.24, 2.45) is 0 Å². The van der Waals surface area contributed by atoms with Crippen molar-refractivity contribution in [1.29, 1.82) is 0 Å². The number of aromatic nitrogens is 3. The van der Waals surface area contributed by atoms with Crippen LogP contribution in [0.1, 0.15) is 16.7 Å². The lowest BCUT2D eigenvalue weighted by molar-refractivity contribution is -0.138. The first kappa shape index (κ1) is 19.3. The Labute approximate surface area is 155 Å². The Morgan fingerprint density at radius 2 is 1.93 bits per heavy atom. The van der Waals surface area contributed by atoms with Crippen LogP contribution >= 0.6 is 0 Å². The van der Waals surface area contributed by atoms with Gasteiger partial charge in [0.05, 0.1) is 5.56 Å². The first-order valence-electron chi connectivity index (χ1n) is 7.90. The summed E-state index contributed by atoms with van der Waals surface area (Å²) < 4.78 is 63.5. The lowest BCUT2D eigenvalue weighted by atomic mass is 10.1. The van der Waals surface area contributed by atoms with Crippen molar-refractivity contribution in [1.82, 2.24) is 15.0 Å². The van der Waals surface area contributed by atoms with Gasteiger partial charge in [0.2, 0.25) is 0 Å². The molecule has 146 valence electrons. The summed E-state index contributed by atoms with van der Waals surface area (Å²) in [4.78, 5) is 20.6. The number of halogens is 4. The molecule has 0 aliphatic carbocycles. The van der Waals surface area contributed by atoms with Gasteiger partial charge < -0.3 is 9.47 Å². The van der Waals surface area contributed by atoms with Crippen LogP contribution in [0.3, 0.4) is 0 Å². The fourth-order valence-corrected chi connectivity index (χ4v) is 2.30. The van der Waals surface area contributed by atoms with Crippen LogP contribution in [0, 0.1) is 12.7 Å². The molecule has 28 heavy (non-hydrogen) atoms. The van der Waals surface area contributed by atoms with Crippen molar-refractivity contribution in [3.05, 3.63) is 75.7 Å². The predicted molar refractivity (Wildman–Crippen MR) is 89.6 cm³/mol. The number of ether oxygens (including phenoxy) is 2. The van der Waals surface area contributed by atoms with Crippen molar-refractivity contribution in [2.45, 2.75) is 19.7 Å². The van der Waals surface area contributed by atoms with Crippen molar-refractivity contribution in [2.75, 3.05) is 0 Å². The monoisotopic (exact) mass is 395 g/mol. The average Bonchev–Trinajstić information content (AvgIpc) is 2.62. The van der Waals surface area contributed by atoms with Gasteiger partial charge in [0.1, 0.15) is 12.4 Å². The second kappa shape index (κ2) is 7.67. The molecule has 0 atom stereocenters. The molecule has 3 rings (SSSR count). The third-order valence-electron chi connectivity index (χ3n) is 3.64. The highest BCUT2D eigenvalue weighted by Crippen LogP contribution is 2.35. The summed E-state index contributed by atoms with van der Waals surface area (Å²) >= 11 is 0. The minimum atomic E-state index is -4.55. The lowest BCUT2D eigenvalue weighted by Gasteiger charge is -2.13. The number of hydrogen-bond donors (Lipinski definition) is 1. The lowest BCUT2D eigenvalue weighted by Crippen LogP contribution is -2.10. The molecule has 0 radical (unpaired) electrons. The maximum absolute atomic E-state index is 14.2. The van der Waals surface area contributed by atoms with Gasteiger partial charge in [-0.05, 0) is 30.7 Å². The Bertz CT molecular complexity index is 1050. The molecule has 0 fully saturated rings. The van der Waals surface area contributed by atoms with Crippen LogP contribution in [-0.4, -0.2) is 15.0 Å². The number of nitrogens with one attached hydrogen (secondary N) is 1. The molecular formula is C18H13F4N3O3.